The lowest BCUT2D eigenvalue weighted by Crippen LogP contribution is -2.57. The van der Waals surface area contributed by atoms with Crippen molar-refractivity contribution >= 4 is 5.96 Å². The molecule has 1 saturated carbocycles. The lowest BCUT2D eigenvalue weighted by atomic mass is 9.82. The molecule has 5 heteroatoms. The number of fused-ring (bicyclic) bond motifs is 2. The van der Waals surface area contributed by atoms with E-state index in [2.05, 4.69) is 52.7 Å². The van der Waals surface area contributed by atoms with Crippen LogP contribution in [0.25, 0.3) is 0 Å². The van der Waals surface area contributed by atoms with Gasteiger partial charge in [0, 0.05) is 42.2 Å². The Labute approximate surface area is 163 Å². The van der Waals surface area contributed by atoms with E-state index >= 15 is 0 Å². The van der Waals surface area contributed by atoms with Crippen molar-refractivity contribution in [3.8, 4) is 5.75 Å². The van der Waals surface area contributed by atoms with Gasteiger partial charge in [0.1, 0.15) is 5.75 Å². The third-order valence-electron chi connectivity index (χ3n) is 7.17. The zero-order valence-electron chi connectivity index (χ0n) is 17.2. The number of rotatable bonds is 4. The van der Waals surface area contributed by atoms with Gasteiger partial charge in [-0.3, -0.25) is 4.99 Å². The lowest BCUT2D eigenvalue weighted by molar-refractivity contribution is 0.0526. The fraction of sp³-hybridized carbons (Fsp3) is 0.682. The van der Waals surface area contributed by atoms with Gasteiger partial charge >= 0.3 is 0 Å². The Balaban J connectivity index is 1.38. The van der Waals surface area contributed by atoms with Crippen molar-refractivity contribution in [2.75, 3.05) is 21.2 Å². The number of para-hydroxylation sites is 1. The zero-order chi connectivity index (χ0) is 19.0. The molecule has 0 amide bonds. The molecule has 2 bridgehead atoms. The predicted molar refractivity (Wildman–Crippen MR) is 111 cm³/mol. The van der Waals surface area contributed by atoms with Crippen molar-refractivity contribution < 1.29 is 4.74 Å². The van der Waals surface area contributed by atoms with Gasteiger partial charge in [-0.1, -0.05) is 31.5 Å². The largest absolute Gasteiger partial charge is 0.496 e. The van der Waals surface area contributed by atoms with E-state index < -0.39 is 0 Å². The van der Waals surface area contributed by atoms with Gasteiger partial charge in [0.25, 0.3) is 0 Å². The number of ether oxygens (including phenoxy) is 1. The highest BCUT2D eigenvalue weighted by Gasteiger charge is 2.53. The summed E-state index contributed by atoms with van der Waals surface area (Å²) in [6.07, 6.45) is 7.62. The summed E-state index contributed by atoms with van der Waals surface area (Å²) in [5, 5.41) is 7.40. The molecule has 5 nitrogen and oxygen atoms in total. The number of methoxy groups -OCH3 is 1. The molecule has 4 rings (SSSR count). The van der Waals surface area contributed by atoms with Crippen LogP contribution in [-0.2, 0) is 5.41 Å². The smallest absolute Gasteiger partial charge is 0.191 e. The van der Waals surface area contributed by atoms with E-state index in [1.54, 1.807) is 7.11 Å². The van der Waals surface area contributed by atoms with Crippen LogP contribution in [0.5, 0.6) is 5.75 Å². The molecule has 2 saturated heterocycles. The standard InChI is InChI=1S/C22H34N4O/c1-22(18-10-5-6-11-19(18)27-4)14-20(22)25-21(23-2)24-15-12-16-8-7-9-17(13-15)26(16)3/h5-6,10-11,15-17,20H,7-9,12-14H2,1-4H3,(H2,23,24,25). The van der Waals surface area contributed by atoms with E-state index in [1.165, 1.54) is 37.7 Å². The van der Waals surface area contributed by atoms with E-state index in [4.69, 9.17) is 4.74 Å². The molecule has 2 aliphatic heterocycles. The first-order chi connectivity index (χ1) is 13.0. The van der Waals surface area contributed by atoms with Crippen molar-refractivity contribution in [2.24, 2.45) is 4.99 Å². The van der Waals surface area contributed by atoms with Gasteiger partial charge < -0.3 is 20.3 Å². The fourth-order valence-electron chi connectivity index (χ4n) is 5.25. The number of guanidine groups is 1. The van der Waals surface area contributed by atoms with Gasteiger partial charge in [0.05, 0.1) is 7.11 Å². The Hall–Kier alpha value is -1.75. The second-order valence-electron chi connectivity index (χ2n) is 8.81. The quantitative estimate of drug-likeness (QED) is 0.632. The second kappa shape index (κ2) is 7.34. The Morgan fingerprint density at radius 3 is 2.56 bits per heavy atom. The molecule has 3 aliphatic rings. The third kappa shape index (κ3) is 3.54. The number of hydrogen-bond donors (Lipinski definition) is 2. The minimum atomic E-state index is 0.105. The van der Waals surface area contributed by atoms with E-state index in [-0.39, 0.29) is 5.41 Å². The fourth-order valence-corrected chi connectivity index (χ4v) is 5.25. The monoisotopic (exact) mass is 370 g/mol. The minimum Gasteiger partial charge on any atom is -0.496 e. The predicted octanol–water partition coefficient (Wildman–Crippen LogP) is 2.91. The summed E-state index contributed by atoms with van der Waals surface area (Å²) < 4.78 is 5.59. The molecule has 4 atom stereocenters. The highest BCUT2D eigenvalue weighted by atomic mass is 16.5. The lowest BCUT2D eigenvalue weighted by Gasteiger charge is -2.47. The van der Waals surface area contributed by atoms with Gasteiger partial charge in [-0.15, -0.1) is 0 Å². The summed E-state index contributed by atoms with van der Waals surface area (Å²) in [5.74, 6) is 1.93. The van der Waals surface area contributed by atoms with Crippen LogP contribution in [0.2, 0.25) is 0 Å². The molecule has 1 aliphatic carbocycles. The number of benzene rings is 1. The van der Waals surface area contributed by atoms with E-state index in [1.807, 2.05) is 13.1 Å². The van der Waals surface area contributed by atoms with Crippen LogP contribution < -0.4 is 15.4 Å². The van der Waals surface area contributed by atoms with Gasteiger partial charge in [-0.2, -0.15) is 0 Å². The molecule has 148 valence electrons. The number of aliphatic imine (C=N–C) groups is 1. The first-order valence-electron chi connectivity index (χ1n) is 10.4. The zero-order valence-corrected chi connectivity index (χ0v) is 17.2. The molecule has 0 aromatic heterocycles. The molecule has 1 aromatic carbocycles. The molecule has 2 N–H and O–H groups in total. The van der Waals surface area contributed by atoms with Gasteiger partial charge in [0.15, 0.2) is 5.96 Å². The summed E-state index contributed by atoms with van der Waals surface area (Å²) >= 11 is 0. The molecular formula is C22H34N4O. The molecular weight excluding hydrogens is 336 g/mol. The van der Waals surface area contributed by atoms with Crippen LogP contribution in [0, 0.1) is 0 Å². The summed E-state index contributed by atoms with van der Waals surface area (Å²) in [6.45, 7) is 2.32. The maximum atomic E-state index is 5.59. The van der Waals surface area contributed by atoms with Crippen molar-refractivity contribution in [2.45, 2.75) is 75.0 Å². The van der Waals surface area contributed by atoms with E-state index in [0.29, 0.717) is 12.1 Å². The second-order valence-corrected chi connectivity index (χ2v) is 8.81. The first-order valence-corrected chi connectivity index (χ1v) is 10.4. The molecule has 0 radical (unpaired) electrons. The highest BCUT2D eigenvalue weighted by molar-refractivity contribution is 5.81. The Morgan fingerprint density at radius 2 is 1.89 bits per heavy atom. The maximum absolute atomic E-state index is 5.59. The third-order valence-corrected chi connectivity index (χ3v) is 7.17. The average Bonchev–Trinajstić information content (AvgIpc) is 3.32. The van der Waals surface area contributed by atoms with E-state index in [9.17, 15) is 0 Å². The van der Waals surface area contributed by atoms with Crippen LogP contribution in [0.3, 0.4) is 0 Å². The Bertz CT molecular complexity index is 691. The SMILES string of the molecule is CN=C(NC1CC2CCCC(C1)N2C)NC1CC1(C)c1ccccc1OC. The van der Waals surface area contributed by atoms with Crippen LogP contribution in [0.4, 0.5) is 0 Å². The van der Waals surface area contributed by atoms with Crippen molar-refractivity contribution in [1.29, 1.82) is 0 Å². The van der Waals surface area contributed by atoms with Gasteiger partial charge in [-0.25, -0.2) is 0 Å². The average molecular weight is 371 g/mol. The molecule has 27 heavy (non-hydrogen) atoms. The Kier molecular flexibility index (Phi) is 5.06. The van der Waals surface area contributed by atoms with E-state index in [0.717, 1.165) is 30.2 Å². The summed E-state index contributed by atoms with van der Waals surface area (Å²) in [5.41, 5.74) is 1.39. The summed E-state index contributed by atoms with van der Waals surface area (Å²) in [4.78, 5) is 7.14. The highest BCUT2D eigenvalue weighted by Crippen LogP contribution is 2.51. The van der Waals surface area contributed by atoms with Crippen LogP contribution in [0.1, 0.15) is 51.0 Å². The Morgan fingerprint density at radius 1 is 1.19 bits per heavy atom. The first kappa shape index (κ1) is 18.6. The maximum Gasteiger partial charge on any atom is 0.191 e. The van der Waals surface area contributed by atoms with Gasteiger partial charge in [0.2, 0.25) is 0 Å². The number of hydrogen-bond acceptors (Lipinski definition) is 3. The number of nitrogens with one attached hydrogen (secondary N) is 2. The molecule has 1 aromatic rings. The van der Waals surface area contributed by atoms with Gasteiger partial charge in [-0.05, 0) is 45.2 Å². The number of nitrogens with zero attached hydrogens (tertiary/aromatic N) is 2. The molecule has 3 fully saturated rings. The van der Waals surface area contributed by atoms with Crippen molar-refractivity contribution in [1.82, 2.24) is 15.5 Å². The normalized spacial score (nSPS) is 36.2. The summed E-state index contributed by atoms with van der Waals surface area (Å²) in [6, 6.07) is 10.8. The van der Waals surface area contributed by atoms with Crippen LogP contribution >= 0.6 is 0 Å². The molecule has 4 unspecified atom stereocenters. The topological polar surface area (TPSA) is 48.9 Å². The van der Waals surface area contributed by atoms with Crippen molar-refractivity contribution in [3.05, 3.63) is 29.8 Å². The number of piperidine rings is 2. The van der Waals surface area contributed by atoms with Crippen LogP contribution in [0.15, 0.2) is 29.3 Å². The minimum absolute atomic E-state index is 0.105. The summed E-state index contributed by atoms with van der Waals surface area (Å²) in [7, 11) is 5.94. The molecule has 0 spiro atoms. The van der Waals surface area contributed by atoms with Crippen LogP contribution in [-0.4, -0.2) is 56.2 Å². The van der Waals surface area contributed by atoms with Crippen molar-refractivity contribution in [3.63, 3.8) is 0 Å². The molecule has 2 heterocycles.